The first-order valence-electron chi connectivity index (χ1n) is 12.0. The van der Waals surface area contributed by atoms with Crippen LogP contribution in [-0.4, -0.2) is 9.38 Å². The van der Waals surface area contributed by atoms with Crippen molar-refractivity contribution in [1.29, 1.82) is 0 Å². The molecular weight excluding hydrogens is 424 g/mol. The summed E-state index contributed by atoms with van der Waals surface area (Å²) < 4.78 is 2.09. The number of hydrogen-bond donors (Lipinski definition) is 0. The Labute approximate surface area is 201 Å². The molecule has 0 bridgehead atoms. The molecule has 0 fully saturated rings. The molecule has 0 saturated carbocycles. The average Bonchev–Trinajstić information content (AvgIpc) is 3.36. The Hall–Kier alpha value is -4.69. The van der Waals surface area contributed by atoms with E-state index in [1.54, 1.807) is 0 Å². The second kappa shape index (κ2) is 6.91. The second-order valence-corrected chi connectivity index (χ2v) is 9.27. The Balaban J connectivity index is 1.66. The van der Waals surface area contributed by atoms with Crippen molar-refractivity contribution in [3.63, 3.8) is 0 Å². The molecule has 0 atom stereocenters. The number of pyridine rings is 1. The Morgan fingerprint density at radius 2 is 1.11 bits per heavy atom. The van der Waals surface area contributed by atoms with Crippen molar-refractivity contribution in [3.8, 4) is 11.3 Å². The zero-order valence-corrected chi connectivity index (χ0v) is 18.9. The van der Waals surface area contributed by atoms with E-state index in [0.29, 0.717) is 0 Å². The topological polar surface area (TPSA) is 17.3 Å². The van der Waals surface area contributed by atoms with Crippen molar-refractivity contribution in [2.75, 3.05) is 0 Å². The molecule has 0 aliphatic carbocycles. The first-order valence-corrected chi connectivity index (χ1v) is 12.0. The van der Waals surface area contributed by atoms with Crippen LogP contribution < -0.4 is 0 Å². The summed E-state index contributed by atoms with van der Waals surface area (Å²) in [5.74, 6) is 0. The van der Waals surface area contributed by atoms with Crippen molar-refractivity contribution in [2.24, 2.45) is 0 Å². The van der Waals surface area contributed by atoms with Crippen molar-refractivity contribution in [3.05, 3.63) is 122 Å². The molecule has 6 aromatic carbocycles. The standard InChI is InChI=1S/C33H20N2/c1-3-11-26-24(9-1)25-10-2-4-12-27(25)29-19-23(30-20-35-17-6-5-14-31(35)34-30)18-22-16-15-21-8-7-13-28(26)32(21)33(22)29/h1-20H. The number of rotatable bonds is 1. The summed E-state index contributed by atoms with van der Waals surface area (Å²) in [6.45, 7) is 0. The summed E-state index contributed by atoms with van der Waals surface area (Å²) in [5, 5.41) is 12.8. The van der Waals surface area contributed by atoms with E-state index in [1.807, 2.05) is 12.1 Å². The summed E-state index contributed by atoms with van der Waals surface area (Å²) in [7, 11) is 0. The van der Waals surface area contributed by atoms with Crippen LogP contribution in [0.25, 0.3) is 70.8 Å². The monoisotopic (exact) mass is 444 g/mol. The van der Waals surface area contributed by atoms with Gasteiger partial charge in [-0.3, -0.25) is 0 Å². The number of aromatic nitrogens is 2. The maximum absolute atomic E-state index is 4.94. The number of nitrogens with zero attached hydrogens (tertiary/aromatic N) is 2. The first-order chi connectivity index (χ1) is 17.3. The Morgan fingerprint density at radius 1 is 0.486 bits per heavy atom. The van der Waals surface area contributed by atoms with Crippen LogP contribution in [0.4, 0.5) is 0 Å². The summed E-state index contributed by atoms with van der Waals surface area (Å²) in [6, 6.07) is 39.6. The van der Waals surface area contributed by atoms with Crippen LogP contribution >= 0.6 is 0 Å². The number of benzene rings is 5. The third kappa shape index (κ3) is 2.62. The van der Waals surface area contributed by atoms with Gasteiger partial charge in [-0.15, -0.1) is 0 Å². The van der Waals surface area contributed by atoms with E-state index in [-0.39, 0.29) is 0 Å². The molecule has 2 heterocycles. The average molecular weight is 445 g/mol. The molecule has 2 heteroatoms. The lowest BCUT2D eigenvalue weighted by molar-refractivity contribution is 1.19. The molecule has 0 saturated heterocycles. The Kier molecular flexibility index (Phi) is 3.69. The number of imidazole rings is 1. The Morgan fingerprint density at radius 3 is 1.89 bits per heavy atom. The highest BCUT2D eigenvalue weighted by atomic mass is 15.0. The molecule has 8 rings (SSSR count). The van der Waals surface area contributed by atoms with E-state index < -0.39 is 0 Å². The third-order valence-electron chi connectivity index (χ3n) is 7.34. The first kappa shape index (κ1) is 18.7. The van der Waals surface area contributed by atoms with Crippen molar-refractivity contribution in [2.45, 2.75) is 0 Å². The van der Waals surface area contributed by atoms with Crippen LogP contribution in [0.5, 0.6) is 0 Å². The van der Waals surface area contributed by atoms with Crippen molar-refractivity contribution >= 4 is 59.5 Å². The fourth-order valence-corrected chi connectivity index (χ4v) is 5.81. The van der Waals surface area contributed by atoms with Crippen LogP contribution in [-0.2, 0) is 0 Å². The molecule has 0 aliphatic rings. The predicted molar refractivity (Wildman–Crippen MR) is 148 cm³/mol. The van der Waals surface area contributed by atoms with Gasteiger partial charge in [-0.05, 0) is 78.1 Å². The van der Waals surface area contributed by atoms with Gasteiger partial charge in [-0.2, -0.15) is 0 Å². The lowest BCUT2D eigenvalue weighted by atomic mass is 9.89. The predicted octanol–water partition coefficient (Wildman–Crippen LogP) is 8.77. The number of hydrogen-bond acceptors (Lipinski definition) is 1. The molecule has 0 aliphatic heterocycles. The fraction of sp³-hybridized carbons (Fsp3) is 0. The molecule has 0 amide bonds. The van der Waals surface area contributed by atoms with Crippen LogP contribution in [0.2, 0.25) is 0 Å². The van der Waals surface area contributed by atoms with Gasteiger partial charge in [-0.1, -0.05) is 84.9 Å². The van der Waals surface area contributed by atoms with Gasteiger partial charge >= 0.3 is 0 Å². The normalized spacial score (nSPS) is 12.0. The molecule has 162 valence electrons. The molecule has 2 aromatic heterocycles. The lowest BCUT2D eigenvalue weighted by Gasteiger charge is -2.14. The van der Waals surface area contributed by atoms with Gasteiger partial charge in [0, 0.05) is 18.0 Å². The maximum Gasteiger partial charge on any atom is 0.137 e. The zero-order valence-electron chi connectivity index (χ0n) is 18.9. The van der Waals surface area contributed by atoms with Crippen molar-refractivity contribution < 1.29 is 0 Å². The maximum atomic E-state index is 4.94. The molecule has 0 spiro atoms. The molecule has 0 radical (unpaired) electrons. The minimum atomic E-state index is 0.959. The molecule has 8 aromatic rings. The van der Waals surface area contributed by atoms with Crippen LogP contribution in [0.1, 0.15) is 0 Å². The summed E-state index contributed by atoms with van der Waals surface area (Å²) in [5.41, 5.74) is 3.08. The highest BCUT2D eigenvalue weighted by Crippen LogP contribution is 2.41. The van der Waals surface area contributed by atoms with Gasteiger partial charge < -0.3 is 4.40 Å². The third-order valence-corrected chi connectivity index (χ3v) is 7.34. The van der Waals surface area contributed by atoms with Crippen LogP contribution in [0, 0.1) is 0 Å². The van der Waals surface area contributed by atoms with E-state index in [4.69, 9.17) is 4.98 Å². The zero-order chi connectivity index (χ0) is 22.9. The van der Waals surface area contributed by atoms with E-state index in [0.717, 1.165) is 16.9 Å². The van der Waals surface area contributed by atoms with Gasteiger partial charge in [0.05, 0.1) is 5.69 Å². The fourth-order valence-electron chi connectivity index (χ4n) is 5.81. The molecule has 2 nitrogen and oxygen atoms in total. The minimum absolute atomic E-state index is 0.959. The molecule has 35 heavy (non-hydrogen) atoms. The highest BCUT2D eigenvalue weighted by molar-refractivity contribution is 6.33. The van der Waals surface area contributed by atoms with Gasteiger partial charge in [0.15, 0.2) is 0 Å². The summed E-state index contributed by atoms with van der Waals surface area (Å²) in [4.78, 5) is 4.94. The van der Waals surface area contributed by atoms with Crippen LogP contribution in [0.3, 0.4) is 0 Å². The second-order valence-electron chi connectivity index (χ2n) is 9.27. The van der Waals surface area contributed by atoms with Crippen LogP contribution in [0.15, 0.2) is 122 Å². The van der Waals surface area contributed by atoms with Gasteiger partial charge in [0.25, 0.3) is 0 Å². The van der Waals surface area contributed by atoms with E-state index in [2.05, 4.69) is 114 Å². The largest absolute Gasteiger partial charge is 0.306 e. The van der Waals surface area contributed by atoms with E-state index >= 15 is 0 Å². The van der Waals surface area contributed by atoms with Gasteiger partial charge in [0.2, 0.25) is 0 Å². The Bertz CT molecular complexity index is 2080. The summed E-state index contributed by atoms with van der Waals surface area (Å²) >= 11 is 0. The lowest BCUT2D eigenvalue weighted by Crippen LogP contribution is -1.87. The SMILES string of the molecule is c1ccc2c(c1)c1ccccc1c1cc(-c3cn4ccccc4n3)cc3ccc4cccc2c4c31. The minimum Gasteiger partial charge on any atom is -0.306 e. The highest BCUT2D eigenvalue weighted by Gasteiger charge is 2.14. The van der Waals surface area contributed by atoms with Gasteiger partial charge in [0.1, 0.15) is 5.65 Å². The van der Waals surface area contributed by atoms with Crippen molar-refractivity contribution in [1.82, 2.24) is 9.38 Å². The molecular formula is C33H20N2. The molecule has 0 N–H and O–H groups in total. The summed E-state index contributed by atoms with van der Waals surface area (Å²) in [6.07, 6.45) is 4.18. The number of fused-ring (bicyclic) bond motifs is 6. The smallest absolute Gasteiger partial charge is 0.137 e. The van der Waals surface area contributed by atoms with Gasteiger partial charge in [-0.25, -0.2) is 4.98 Å². The quantitative estimate of drug-likeness (QED) is 0.231. The van der Waals surface area contributed by atoms with E-state index in [1.165, 1.54) is 53.9 Å². The van der Waals surface area contributed by atoms with E-state index in [9.17, 15) is 0 Å². The molecule has 0 unspecified atom stereocenters.